The van der Waals surface area contributed by atoms with Gasteiger partial charge < -0.3 is 0 Å². The lowest BCUT2D eigenvalue weighted by Gasteiger charge is -2.16. The monoisotopic (exact) mass is 248 g/mol. The normalized spacial score (nSPS) is 12.7. The fraction of sp³-hybridized carbons (Fsp3) is 0.308. The van der Waals surface area contributed by atoms with Crippen LogP contribution in [0.25, 0.3) is 0 Å². The first-order valence-corrected chi connectivity index (χ1v) is 5.80. The molecule has 0 saturated heterocycles. The van der Waals surface area contributed by atoms with Crippen molar-refractivity contribution < 1.29 is 4.39 Å². The highest BCUT2D eigenvalue weighted by molar-refractivity contribution is 5.27. The van der Waals surface area contributed by atoms with Gasteiger partial charge in [0.2, 0.25) is 0 Å². The molecule has 1 heterocycles. The van der Waals surface area contributed by atoms with Crippen molar-refractivity contribution in [1.82, 2.24) is 15.2 Å². The Morgan fingerprint density at radius 3 is 2.78 bits per heavy atom. The topological polar surface area (TPSA) is 55.9 Å². The lowest BCUT2D eigenvalue weighted by Crippen LogP contribution is -2.29. The van der Waals surface area contributed by atoms with Crippen LogP contribution in [0.3, 0.4) is 0 Å². The van der Waals surface area contributed by atoms with Crippen LogP contribution in [0, 0.1) is 12.7 Å². The van der Waals surface area contributed by atoms with Gasteiger partial charge in [-0.3, -0.25) is 16.0 Å². The molecule has 2 rings (SSSR count). The average Bonchev–Trinajstić information content (AvgIpc) is 2.70. The fourth-order valence-electron chi connectivity index (χ4n) is 2.02. The van der Waals surface area contributed by atoms with E-state index in [-0.39, 0.29) is 11.9 Å². The Kier molecular flexibility index (Phi) is 3.74. The number of aryl methyl sites for hydroxylation is 2. The van der Waals surface area contributed by atoms with Crippen molar-refractivity contribution in [2.75, 3.05) is 0 Å². The fourth-order valence-corrected chi connectivity index (χ4v) is 2.02. The third-order valence-electron chi connectivity index (χ3n) is 2.85. The van der Waals surface area contributed by atoms with E-state index in [9.17, 15) is 4.39 Å². The van der Waals surface area contributed by atoms with E-state index in [1.54, 1.807) is 4.68 Å². The van der Waals surface area contributed by atoms with Gasteiger partial charge in [-0.15, -0.1) is 0 Å². The molecule has 4 nitrogen and oxygen atoms in total. The third kappa shape index (κ3) is 2.94. The maximum absolute atomic E-state index is 13.4. The first kappa shape index (κ1) is 12.7. The molecule has 18 heavy (non-hydrogen) atoms. The van der Waals surface area contributed by atoms with Gasteiger partial charge in [0.05, 0.1) is 11.7 Å². The average molecular weight is 248 g/mol. The maximum Gasteiger partial charge on any atom is 0.123 e. The molecule has 0 bridgehead atoms. The van der Waals surface area contributed by atoms with E-state index in [0.29, 0.717) is 6.42 Å². The number of benzene rings is 1. The minimum absolute atomic E-state index is 0.144. The Hall–Kier alpha value is -1.72. The van der Waals surface area contributed by atoms with Crippen molar-refractivity contribution in [3.63, 3.8) is 0 Å². The summed E-state index contributed by atoms with van der Waals surface area (Å²) in [5, 5.41) is 4.30. The van der Waals surface area contributed by atoms with E-state index in [0.717, 1.165) is 16.8 Å². The molecule has 5 heteroatoms. The van der Waals surface area contributed by atoms with Crippen LogP contribution in [0.1, 0.15) is 22.9 Å². The molecule has 3 N–H and O–H groups in total. The Balaban J connectivity index is 2.22. The smallest absolute Gasteiger partial charge is 0.123 e. The van der Waals surface area contributed by atoms with E-state index in [1.165, 1.54) is 12.1 Å². The van der Waals surface area contributed by atoms with Crippen LogP contribution in [-0.4, -0.2) is 9.78 Å². The Labute approximate surface area is 106 Å². The lowest BCUT2D eigenvalue weighted by molar-refractivity contribution is 0.534. The molecule has 0 aliphatic carbocycles. The molecule has 96 valence electrons. The summed E-state index contributed by atoms with van der Waals surface area (Å²) in [6.45, 7) is 1.86. The van der Waals surface area contributed by atoms with Gasteiger partial charge in [-0.2, -0.15) is 5.10 Å². The second-order valence-electron chi connectivity index (χ2n) is 4.47. The molecule has 2 aromatic rings. The Morgan fingerprint density at radius 2 is 2.22 bits per heavy atom. The van der Waals surface area contributed by atoms with Crippen molar-refractivity contribution in [3.8, 4) is 0 Å². The summed E-state index contributed by atoms with van der Waals surface area (Å²) in [7, 11) is 1.86. The zero-order valence-corrected chi connectivity index (χ0v) is 10.5. The van der Waals surface area contributed by atoms with Gasteiger partial charge in [-0.1, -0.05) is 6.07 Å². The van der Waals surface area contributed by atoms with E-state index in [2.05, 4.69) is 10.5 Å². The summed E-state index contributed by atoms with van der Waals surface area (Å²) < 4.78 is 15.1. The highest BCUT2D eigenvalue weighted by Crippen LogP contribution is 2.19. The zero-order valence-electron chi connectivity index (χ0n) is 10.5. The number of hydrazine groups is 1. The van der Waals surface area contributed by atoms with Crippen molar-refractivity contribution >= 4 is 0 Å². The maximum atomic E-state index is 13.4. The first-order chi connectivity index (χ1) is 8.58. The van der Waals surface area contributed by atoms with Crippen LogP contribution < -0.4 is 11.3 Å². The molecular weight excluding hydrogens is 231 g/mol. The molecule has 0 saturated carbocycles. The molecular formula is C13H17FN4. The predicted molar refractivity (Wildman–Crippen MR) is 68.1 cm³/mol. The quantitative estimate of drug-likeness (QED) is 0.638. The van der Waals surface area contributed by atoms with Gasteiger partial charge in [0, 0.05) is 19.7 Å². The Bertz CT molecular complexity index is 515. The highest BCUT2D eigenvalue weighted by atomic mass is 19.1. The second kappa shape index (κ2) is 5.29. The summed E-state index contributed by atoms with van der Waals surface area (Å²) in [5.74, 6) is 5.31. The van der Waals surface area contributed by atoms with E-state index < -0.39 is 0 Å². The van der Waals surface area contributed by atoms with Crippen molar-refractivity contribution in [2.45, 2.75) is 19.4 Å². The van der Waals surface area contributed by atoms with E-state index in [4.69, 9.17) is 5.84 Å². The summed E-state index contributed by atoms with van der Waals surface area (Å²) in [4.78, 5) is 0. The number of halogens is 1. The summed E-state index contributed by atoms with van der Waals surface area (Å²) >= 11 is 0. The van der Waals surface area contributed by atoms with Crippen molar-refractivity contribution in [1.29, 1.82) is 0 Å². The number of nitrogens with one attached hydrogen (secondary N) is 1. The number of nitrogens with zero attached hydrogens (tertiary/aromatic N) is 2. The van der Waals surface area contributed by atoms with Crippen LogP contribution in [0.15, 0.2) is 30.5 Å². The van der Waals surface area contributed by atoms with Crippen LogP contribution in [-0.2, 0) is 13.5 Å². The molecule has 0 radical (unpaired) electrons. The molecule has 1 atom stereocenters. The minimum atomic E-state index is -0.244. The molecule has 0 amide bonds. The van der Waals surface area contributed by atoms with Gasteiger partial charge in [-0.25, -0.2) is 4.39 Å². The summed E-state index contributed by atoms with van der Waals surface area (Å²) in [6, 6.07) is 6.71. The molecule has 0 spiro atoms. The van der Waals surface area contributed by atoms with Gasteiger partial charge in [-0.05, 0) is 36.2 Å². The lowest BCUT2D eigenvalue weighted by atomic mass is 10.0. The Morgan fingerprint density at radius 1 is 1.44 bits per heavy atom. The van der Waals surface area contributed by atoms with Gasteiger partial charge in [0.25, 0.3) is 0 Å². The van der Waals surface area contributed by atoms with Crippen LogP contribution in [0.5, 0.6) is 0 Å². The standard InChI is InChI=1S/C13H17FN4/c1-9-5-10(7-11(14)6-9)13(16-15)8-12-3-4-18(2)17-12/h3-7,13,16H,8,15H2,1-2H3. The van der Waals surface area contributed by atoms with E-state index >= 15 is 0 Å². The molecule has 1 aromatic heterocycles. The van der Waals surface area contributed by atoms with Crippen molar-refractivity contribution in [2.24, 2.45) is 12.9 Å². The van der Waals surface area contributed by atoms with Gasteiger partial charge in [0.1, 0.15) is 5.82 Å². The largest absolute Gasteiger partial charge is 0.276 e. The SMILES string of the molecule is Cc1cc(F)cc(C(Cc2ccn(C)n2)NN)c1. The zero-order chi connectivity index (χ0) is 13.1. The minimum Gasteiger partial charge on any atom is -0.276 e. The molecule has 0 aliphatic rings. The number of rotatable bonds is 4. The third-order valence-corrected chi connectivity index (χ3v) is 2.85. The van der Waals surface area contributed by atoms with Gasteiger partial charge >= 0.3 is 0 Å². The summed E-state index contributed by atoms with van der Waals surface area (Å²) in [6.07, 6.45) is 2.50. The molecule has 0 aliphatic heterocycles. The molecule has 1 aromatic carbocycles. The number of hydrogen-bond donors (Lipinski definition) is 2. The second-order valence-corrected chi connectivity index (χ2v) is 4.47. The van der Waals surface area contributed by atoms with Crippen LogP contribution in [0.2, 0.25) is 0 Å². The first-order valence-electron chi connectivity index (χ1n) is 5.80. The molecule has 0 fully saturated rings. The number of aromatic nitrogens is 2. The van der Waals surface area contributed by atoms with Crippen LogP contribution in [0.4, 0.5) is 4.39 Å². The number of hydrogen-bond acceptors (Lipinski definition) is 3. The van der Waals surface area contributed by atoms with E-state index in [1.807, 2.05) is 32.3 Å². The molecule has 1 unspecified atom stereocenters. The van der Waals surface area contributed by atoms with Crippen LogP contribution >= 0.6 is 0 Å². The van der Waals surface area contributed by atoms with Gasteiger partial charge in [0.15, 0.2) is 0 Å². The number of nitrogens with two attached hydrogens (primary N) is 1. The predicted octanol–water partition coefficient (Wildman–Crippen LogP) is 1.61. The highest BCUT2D eigenvalue weighted by Gasteiger charge is 2.13. The summed E-state index contributed by atoms with van der Waals surface area (Å²) in [5.41, 5.74) is 5.35. The van der Waals surface area contributed by atoms with Crippen molar-refractivity contribution in [3.05, 3.63) is 53.1 Å².